The number of hydrogen-bond donors (Lipinski definition) is 2. The van der Waals surface area contributed by atoms with Crippen LogP contribution in [0.2, 0.25) is 0 Å². The minimum Gasteiger partial charge on any atom is -0.508 e. The predicted octanol–water partition coefficient (Wildman–Crippen LogP) is 3.96. The van der Waals surface area contributed by atoms with Gasteiger partial charge in [0.15, 0.2) is 0 Å². The summed E-state index contributed by atoms with van der Waals surface area (Å²) in [5.74, 6) is 0.0147. The summed E-state index contributed by atoms with van der Waals surface area (Å²) in [6.45, 7) is 10.1. The number of nitrogens with zero attached hydrogens (tertiary/aromatic N) is 2. The third-order valence-corrected chi connectivity index (χ3v) is 2.70. The molecule has 2 amide bonds. The van der Waals surface area contributed by atoms with E-state index in [0.717, 1.165) is 0 Å². The molecule has 0 spiro atoms. The average Bonchev–Trinajstić information content (AvgIpc) is 2.44. The van der Waals surface area contributed by atoms with E-state index >= 15 is 0 Å². The maximum absolute atomic E-state index is 12.6. The van der Waals surface area contributed by atoms with Gasteiger partial charge < -0.3 is 19.9 Å². The number of anilines is 1. The molecule has 8 heteroatoms. The maximum atomic E-state index is 12.6. The van der Waals surface area contributed by atoms with Crippen LogP contribution >= 0.6 is 0 Å². The van der Waals surface area contributed by atoms with Crippen LogP contribution in [0.1, 0.15) is 41.5 Å². The Hall–Kier alpha value is -2.77. The number of carbonyl (C=O) groups is 2. The van der Waals surface area contributed by atoms with E-state index < -0.39 is 23.4 Å². The van der Waals surface area contributed by atoms with Crippen molar-refractivity contribution in [2.75, 3.05) is 12.4 Å². The van der Waals surface area contributed by atoms with Gasteiger partial charge in [-0.1, -0.05) is 0 Å². The number of nitrogens with one attached hydrogen (secondary N) is 1. The zero-order chi connectivity index (χ0) is 20.1. The van der Waals surface area contributed by atoms with E-state index in [0.29, 0.717) is 10.6 Å². The Bertz CT molecular complexity index is 642. The minimum absolute atomic E-state index is 0.0702. The van der Waals surface area contributed by atoms with Crippen LogP contribution in [0.25, 0.3) is 0 Å². The number of ether oxygens (including phenoxy) is 2. The van der Waals surface area contributed by atoms with E-state index in [2.05, 4.69) is 10.3 Å². The van der Waals surface area contributed by atoms with E-state index in [4.69, 9.17) is 9.47 Å². The predicted molar refractivity (Wildman–Crippen MR) is 99.4 cm³/mol. The lowest BCUT2D eigenvalue weighted by molar-refractivity contribution is 0.0147. The molecule has 1 aromatic carbocycles. The quantitative estimate of drug-likeness (QED) is 0.444. The van der Waals surface area contributed by atoms with Crippen molar-refractivity contribution in [3.05, 3.63) is 24.3 Å². The van der Waals surface area contributed by atoms with Gasteiger partial charge in [0.1, 0.15) is 17.0 Å². The molecular weight excluding hydrogens is 338 g/mol. The van der Waals surface area contributed by atoms with Crippen molar-refractivity contribution in [2.24, 2.45) is 4.99 Å². The molecule has 0 heterocycles. The number of aliphatic imine (C=N–C) groups is 1. The fourth-order valence-electron chi connectivity index (χ4n) is 1.75. The number of phenolic OH excluding ortho intramolecular Hbond substituents is 1. The lowest BCUT2D eigenvalue weighted by atomic mass is 10.2. The molecule has 0 aromatic heterocycles. The molecule has 0 aliphatic heterocycles. The van der Waals surface area contributed by atoms with E-state index in [9.17, 15) is 14.7 Å². The van der Waals surface area contributed by atoms with Crippen LogP contribution in [0.4, 0.5) is 15.3 Å². The summed E-state index contributed by atoms with van der Waals surface area (Å²) >= 11 is 0. The van der Waals surface area contributed by atoms with Crippen LogP contribution in [0.15, 0.2) is 29.3 Å². The zero-order valence-corrected chi connectivity index (χ0v) is 16.3. The van der Waals surface area contributed by atoms with Gasteiger partial charge in [0.25, 0.3) is 0 Å². The molecule has 1 rings (SSSR count). The molecule has 2 N–H and O–H groups in total. The summed E-state index contributed by atoms with van der Waals surface area (Å²) in [6, 6.07) is 6.06. The Morgan fingerprint density at radius 3 is 1.73 bits per heavy atom. The average molecular weight is 365 g/mol. The Balaban J connectivity index is 3.16. The topological polar surface area (TPSA) is 100 Å². The first-order valence-corrected chi connectivity index (χ1v) is 8.11. The SMILES string of the molecule is CN=C(Nc1ccc(O)cc1)N(C(=O)OC(C)(C)C)C(=O)OC(C)(C)C. The highest BCUT2D eigenvalue weighted by Crippen LogP contribution is 2.18. The fraction of sp³-hybridized carbons (Fsp3) is 0.500. The molecule has 0 radical (unpaired) electrons. The van der Waals surface area contributed by atoms with Gasteiger partial charge in [0.05, 0.1) is 0 Å². The van der Waals surface area contributed by atoms with Crippen LogP contribution < -0.4 is 5.32 Å². The highest BCUT2D eigenvalue weighted by atomic mass is 16.6. The van der Waals surface area contributed by atoms with Crippen molar-refractivity contribution in [3.63, 3.8) is 0 Å². The van der Waals surface area contributed by atoms with Crippen molar-refractivity contribution in [1.82, 2.24) is 4.90 Å². The second-order valence-electron chi connectivity index (χ2n) is 7.52. The Kier molecular flexibility index (Phi) is 6.60. The molecule has 1 aromatic rings. The van der Waals surface area contributed by atoms with Crippen molar-refractivity contribution in [2.45, 2.75) is 52.7 Å². The number of benzene rings is 1. The highest BCUT2D eigenvalue weighted by molar-refractivity contribution is 6.12. The monoisotopic (exact) mass is 365 g/mol. The van der Waals surface area contributed by atoms with E-state index in [-0.39, 0.29) is 11.7 Å². The number of rotatable bonds is 1. The molecule has 144 valence electrons. The van der Waals surface area contributed by atoms with Crippen LogP contribution in [0, 0.1) is 0 Å². The number of carbonyl (C=O) groups excluding carboxylic acids is 2. The van der Waals surface area contributed by atoms with E-state index in [1.165, 1.54) is 19.2 Å². The van der Waals surface area contributed by atoms with E-state index in [1.807, 2.05) is 0 Å². The Morgan fingerprint density at radius 2 is 1.38 bits per heavy atom. The third kappa shape index (κ3) is 7.00. The number of aromatic hydroxyl groups is 1. The number of hydrogen-bond acceptors (Lipinski definition) is 6. The first kappa shape index (κ1) is 21.3. The van der Waals surface area contributed by atoms with Gasteiger partial charge >= 0.3 is 12.2 Å². The number of guanidine groups is 1. The van der Waals surface area contributed by atoms with Gasteiger partial charge in [-0.2, -0.15) is 0 Å². The van der Waals surface area contributed by atoms with Crippen LogP contribution in [-0.2, 0) is 9.47 Å². The first-order chi connectivity index (χ1) is 11.8. The second kappa shape index (κ2) is 8.07. The Labute approximate surface area is 153 Å². The molecule has 0 bridgehead atoms. The summed E-state index contributed by atoms with van der Waals surface area (Å²) < 4.78 is 10.6. The van der Waals surface area contributed by atoms with Crippen LogP contribution in [0.3, 0.4) is 0 Å². The van der Waals surface area contributed by atoms with Gasteiger partial charge in [0, 0.05) is 12.7 Å². The standard InChI is InChI=1S/C18H27N3O5/c1-17(2,3)25-15(23)21(16(24)26-18(4,5)6)14(19-7)20-12-8-10-13(22)11-9-12/h8-11,22H,1-7H3,(H,19,20). The van der Waals surface area contributed by atoms with E-state index in [1.54, 1.807) is 53.7 Å². The summed E-state index contributed by atoms with van der Waals surface area (Å²) in [7, 11) is 1.42. The molecule has 26 heavy (non-hydrogen) atoms. The second-order valence-corrected chi connectivity index (χ2v) is 7.52. The van der Waals surface area contributed by atoms with Gasteiger partial charge in [-0.15, -0.1) is 4.90 Å². The fourth-order valence-corrected chi connectivity index (χ4v) is 1.75. The lowest BCUT2D eigenvalue weighted by Gasteiger charge is -2.29. The van der Waals surface area contributed by atoms with Crippen molar-refractivity contribution in [1.29, 1.82) is 0 Å². The third-order valence-electron chi connectivity index (χ3n) is 2.70. The van der Waals surface area contributed by atoms with Crippen molar-refractivity contribution in [3.8, 4) is 5.75 Å². The van der Waals surface area contributed by atoms with Crippen LogP contribution in [-0.4, -0.2) is 46.4 Å². The summed E-state index contributed by atoms with van der Waals surface area (Å²) in [4.78, 5) is 29.8. The molecule has 0 fully saturated rings. The molecule has 0 saturated carbocycles. The highest BCUT2D eigenvalue weighted by Gasteiger charge is 2.35. The maximum Gasteiger partial charge on any atom is 0.427 e. The molecule has 0 aliphatic rings. The number of imide groups is 1. The molecule has 0 aliphatic carbocycles. The van der Waals surface area contributed by atoms with Crippen molar-refractivity contribution < 1.29 is 24.2 Å². The number of phenols is 1. The smallest absolute Gasteiger partial charge is 0.427 e. The molecular formula is C18H27N3O5. The molecule has 0 unspecified atom stereocenters. The van der Waals surface area contributed by atoms with Crippen LogP contribution in [0.5, 0.6) is 5.75 Å². The summed E-state index contributed by atoms with van der Waals surface area (Å²) in [6.07, 6.45) is -1.84. The normalized spacial score (nSPS) is 12.3. The number of amides is 2. The largest absolute Gasteiger partial charge is 0.508 e. The van der Waals surface area contributed by atoms with Gasteiger partial charge in [-0.05, 0) is 65.8 Å². The van der Waals surface area contributed by atoms with Crippen molar-refractivity contribution >= 4 is 23.8 Å². The zero-order valence-electron chi connectivity index (χ0n) is 16.3. The molecule has 0 saturated heterocycles. The summed E-state index contributed by atoms with van der Waals surface area (Å²) in [5.41, 5.74) is -1.11. The molecule has 8 nitrogen and oxygen atoms in total. The Morgan fingerprint density at radius 1 is 0.962 bits per heavy atom. The molecule has 0 atom stereocenters. The minimum atomic E-state index is -0.918. The van der Waals surface area contributed by atoms with Gasteiger partial charge in [-0.25, -0.2) is 9.59 Å². The lowest BCUT2D eigenvalue weighted by Crippen LogP contribution is -2.49. The van der Waals surface area contributed by atoms with Gasteiger partial charge in [0.2, 0.25) is 5.96 Å². The summed E-state index contributed by atoms with van der Waals surface area (Å²) in [5, 5.41) is 12.2. The van der Waals surface area contributed by atoms with Gasteiger partial charge in [-0.3, -0.25) is 4.99 Å². The first-order valence-electron chi connectivity index (χ1n) is 8.11.